The third-order valence-corrected chi connectivity index (χ3v) is 3.05. The number of benzene rings is 1. The van der Waals surface area contributed by atoms with Crippen LogP contribution in [0.2, 0.25) is 0 Å². The molecule has 0 saturated heterocycles. The molecule has 0 amide bonds. The number of methoxy groups -OCH3 is 1. The van der Waals surface area contributed by atoms with Crippen LogP contribution in [0, 0.1) is 5.82 Å². The number of nitrogens with zero attached hydrogens (tertiary/aromatic N) is 1. The van der Waals surface area contributed by atoms with Crippen molar-refractivity contribution in [1.82, 2.24) is 4.98 Å². The normalized spacial score (nSPS) is 10.4. The van der Waals surface area contributed by atoms with Gasteiger partial charge in [0.2, 0.25) is 0 Å². The summed E-state index contributed by atoms with van der Waals surface area (Å²) < 4.78 is 18.3. The van der Waals surface area contributed by atoms with E-state index in [2.05, 4.69) is 4.98 Å². The van der Waals surface area contributed by atoms with Crippen LogP contribution in [0.15, 0.2) is 23.6 Å². The van der Waals surface area contributed by atoms with Gasteiger partial charge < -0.3 is 10.5 Å². The van der Waals surface area contributed by atoms with Gasteiger partial charge in [0.25, 0.3) is 0 Å². The Bertz CT molecular complexity index is 498. The van der Waals surface area contributed by atoms with Crippen molar-refractivity contribution in [2.24, 2.45) is 5.73 Å². The minimum Gasteiger partial charge on any atom is -0.494 e. The highest BCUT2D eigenvalue weighted by Gasteiger charge is 2.07. The number of thiazole rings is 1. The summed E-state index contributed by atoms with van der Waals surface area (Å²) in [6.45, 7) is 0.406. The Hall–Kier alpha value is -1.46. The third kappa shape index (κ3) is 2.05. The Morgan fingerprint density at radius 2 is 2.31 bits per heavy atom. The molecule has 0 atom stereocenters. The van der Waals surface area contributed by atoms with E-state index in [0.717, 1.165) is 16.3 Å². The molecule has 1 heterocycles. The molecule has 84 valence electrons. The summed E-state index contributed by atoms with van der Waals surface area (Å²) in [6, 6.07) is 4.78. The van der Waals surface area contributed by atoms with Crippen LogP contribution < -0.4 is 10.5 Å². The molecule has 0 spiro atoms. The monoisotopic (exact) mass is 238 g/mol. The summed E-state index contributed by atoms with van der Waals surface area (Å²) in [5.74, 6) is -0.152. The number of aromatic nitrogens is 1. The average Bonchev–Trinajstić information content (AvgIpc) is 2.77. The lowest BCUT2D eigenvalue weighted by atomic mass is 10.1. The van der Waals surface area contributed by atoms with Crippen LogP contribution in [0.5, 0.6) is 5.75 Å². The first-order valence-corrected chi connectivity index (χ1v) is 5.61. The number of halogens is 1. The average molecular weight is 238 g/mol. The van der Waals surface area contributed by atoms with Gasteiger partial charge in [-0.05, 0) is 18.2 Å². The summed E-state index contributed by atoms with van der Waals surface area (Å²) >= 11 is 1.47. The fraction of sp³-hybridized carbons (Fsp3) is 0.182. The smallest absolute Gasteiger partial charge is 0.165 e. The maximum Gasteiger partial charge on any atom is 0.165 e. The lowest BCUT2D eigenvalue weighted by molar-refractivity contribution is 0.386. The second kappa shape index (κ2) is 4.59. The van der Waals surface area contributed by atoms with E-state index < -0.39 is 0 Å². The van der Waals surface area contributed by atoms with Gasteiger partial charge in [-0.15, -0.1) is 11.3 Å². The van der Waals surface area contributed by atoms with Gasteiger partial charge in [0.05, 0.1) is 12.8 Å². The van der Waals surface area contributed by atoms with Crippen LogP contribution in [-0.2, 0) is 6.54 Å². The van der Waals surface area contributed by atoms with Crippen molar-refractivity contribution in [2.75, 3.05) is 7.11 Å². The molecular weight excluding hydrogens is 227 g/mol. The number of rotatable bonds is 3. The van der Waals surface area contributed by atoms with Crippen LogP contribution in [0.1, 0.15) is 5.01 Å². The van der Waals surface area contributed by atoms with Crippen molar-refractivity contribution in [1.29, 1.82) is 0 Å². The molecule has 1 aromatic heterocycles. The van der Waals surface area contributed by atoms with Gasteiger partial charge >= 0.3 is 0 Å². The van der Waals surface area contributed by atoms with Gasteiger partial charge in [-0.1, -0.05) is 0 Å². The first kappa shape index (κ1) is 11.0. The summed E-state index contributed by atoms with van der Waals surface area (Å²) in [6.07, 6.45) is 0. The van der Waals surface area contributed by atoms with Crippen molar-refractivity contribution >= 4 is 11.3 Å². The van der Waals surface area contributed by atoms with E-state index in [1.165, 1.54) is 24.5 Å². The van der Waals surface area contributed by atoms with E-state index in [0.29, 0.717) is 6.54 Å². The largest absolute Gasteiger partial charge is 0.494 e. The second-order valence-corrected chi connectivity index (χ2v) is 4.12. The minimum atomic E-state index is -0.387. The minimum absolute atomic E-state index is 0.234. The fourth-order valence-corrected chi connectivity index (χ4v) is 2.05. The molecule has 0 unspecified atom stereocenters. The van der Waals surface area contributed by atoms with Crippen molar-refractivity contribution in [3.63, 3.8) is 0 Å². The highest BCUT2D eigenvalue weighted by Crippen LogP contribution is 2.26. The van der Waals surface area contributed by atoms with E-state index >= 15 is 0 Å². The first-order valence-electron chi connectivity index (χ1n) is 4.73. The predicted molar refractivity (Wildman–Crippen MR) is 62.0 cm³/mol. The van der Waals surface area contributed by atoms with E-state index in [9.17, 15) is 4.39 Å². The SMILES string of the molecule is COc1ccc(-c2csc(CN)n2)cc1F. The molecule has 2 N–H and O–H groups in total. The van der Waals surface area contributed by atoms with E-state index in [1.807, 2.05) is 5.38 Å². The van der Waals surface area contributed by atoms with Gasteiger partial charge in [-0.3, -0.25) is 0 Å². The molecular formula is C11H11FN2OS. The maximum absolute atomic E-state index is 13.5. The summed E-state index contributed by atoms with van der Waals surface area (Å²) in [4.78, 5) is 4.28. The lowest BCUT2D eigenvalue weighted by Crippen LogP contribution is -1.94. The highest BCUT2D eigenvalue weighted by molar-refractivity contribution is 7.09. The number of hydrogen-bond donors (Lipinski definition) is 1. The number of hydrogen-bond acceptors (Lipinski definition) is 4. The van der Waals surface area contributed by atoms with Gasteiger partial charge in [0, 0.05) is 17.5 Å². The lowest BCUT2D eigenvalue weighted by Gasteiger charge is -2.02. The molecule has 5 heteroatoms. The molecule has 0 radical (unpaired) electrons. The Kier molecular flexibility index (Phi) is 3.17. The summed E-state index contributed by atoms with van der Waals surface area (Å²) in [5.41, 5.74) is 6.94. The number of nitrogens with two attached hydrogens (primary N) is 1. The van der Waals surface area contributed by atoms with Gasteiger partial charge in [0.15, 0.2) is 11.6 Å². The zero-order valence-corrected chi connectivity index (χ0v) is 9.55. The predicted octanol–water partition coefficient (Wildman–Crippen LogP) is 2.42. The zero-order chi connectivity index (χ0) is 11.5. The Labute approximate surface area is 96.7 Å². The molecule has 0 bridgehead atoms. The standard InChI is InChI=1S/C11H11FN2OS/c1-15-10-3-2-7(4-8(10)12)9-6-16-11(5-13)14-9/h2-4,6H,5,13H2,1H3. The quantitative estimate of drug-likeness (QED) is 0.893. The molecule has 2 aromatic rings. The summed E-state index contributed by atoms with van der Waals surface area (Å²) in [5, 5.41) is 2.70. The van der Waals surface area contributed by atoms with Crippen LogP contribution in [0.3, 0.4) is 0 Å². The highest BCUT2D eigenvalue weighted by atomic mass is 32.1. The first-order chi connectivity index (χ1) is 7.74. The van der Waals surface area contributed by atoms with E-state index in [1.54, 1.807) is 12.1 Å². The Morgan fingerprint density at radius 1 is 1.50 bits per heavy atom. The molecule has 0 saturated carbocycles. The van der Waals surface area contributed by atoms with Crippen molar-refractivity contribution in [3.8, 4) is 17.0 Å². The molecule has 0 aliphatic rings. The van der Waals surface area contributed by atoms with Crippen LogP contribution in [0.4, 0.5) is 4.39 Å². The van der Waals surface area contributed by atoms with Crippen LogP contribution in [-0.4, -0.2) is 12.1 Å². The second-order valence-electron chi connectivity index (χ2n) is 3.18. The topological polar surface area (TPSA) is 48.1 Å². The van der Waals surface area contributed by atoms with E-state index in [4.69, 9.17) is 10.5 Å². The maximum atomic E-state index is 13.5. The molecule has 2 rings (SSSR count). The van der Waals surface area contributed by atoms with Gasteiger partial charge in [0.1, 0.15) is 5.01 Å². The molecule has 16 heavy (non-hydrogen) atoms. The Morgan fingerprint density at radius 3 is 2.88 bits per heavy atom. The molecule has 1 aromatic carbocycles. The van der Waals surface area contributed by atoms with Gasteiger partial charge in [-0.25, -0.2) is 9.37 Å². The van der Waals surface area contributed by atoms with Crippen molar-refractivity contribution < 1.29 is 9.13 Å². The summed E-state index contributed by atoms with van der Waals surface area (Å²) in [7, 11) is 1.44. The van der Waals surface area contributed by atoms with Gasteiger partial charge in [-0.2, -0.15) is 0 Å². The number of ether oxygens (including phenoxy) is 1. The molecule has 3 nitrogen and oxygen atoms in total. The van der Waals surface area contributed by atoms with Crippen molar-refractivity contribution in [3.05, 3.63) is 34.4 Å². The van der Waals surface area contributed by atoms with Crippen molar-refractivity contribution in [2.45, 2.75) is 6.54 Å². The van der Waals surface area contributed by atoms with E-state index in [-0.39, 0.29) is 11.6 Å². The zero-order valence-electron chi connectivity index (χ0n) is 8.74. The molecule has 0 aliphatic heterocycles. The molecule has 0 aliphatic carbocycles. The fourth-order valence-electron chi connectivity index (χ4n) is 1.36. The molecule has 0 fully saturated rings. The Balaban J connectivity index is 2.37. The van der Waals surface area contributed by atoms with Crippen LogP contribution >= 0.6 is 11.3 Å². The third-order valence-electron chi connectivity index (χ3n) is 2.17. The van der Waals surface area contributed by atoms with Crippen LogP contribution in [0.25, 0.3) is 11.3 Å².